The highest BCUT2D eigenvalue weighted by molar-refractivity contribution is 9.11. The predicted molar refractivity (Wildman–Crippen MR) is 274 cm³/mol. The maximum Gasteiger partial charge on any atom is 0.410 e. The van der Waals surface area contributed by atoms with Gasteiger partial charge >= 0.3 is 12.2 Å². The van der Waals surface area contributed by atoms with E-state index in [0.717, 1.165) is 66.3 Å². The van der Waals surface area contributed by atoms with Crippen molar-refractivity contribution in [2.45, 2.75) is 104 Å². The topological polar surface area (TPSA) is 176 Å². The van der Waals surface area contributed by atoms with Crippen LogP contribution in [-0.4, -0.2) is 104 Å². The molecule has 2 amide bonds. The molecule has 0 radical (unpaired) electrons. The van der Waals surface area contributed by atoms with E-state index in [-0.39, 0.29) is 30.0 Å². The summed E-state index contributed by atoms with van der Waals surface area (Å²) in [6.07, 6.45) is 2.41. The van der Waals surface area contributed by atoms with E-state index >= 15 is 0 Å². The summed E-state index contributed by atoms with van der Waals surface area (Å²) in [5.41, 5.74) is 3.33. The molecule has 21 heteroatoms. The summed E-state index contributed by atoms with van der Waals surface area (Å²) in [5.74, 6) is 0.879. The molecule has 2 aliphatic rings. The first-order chi connectivity index (χ1) is 32.5. The van der Waals surface area contributed by atoms with Crippen LogP contribution in [0.3, 0.4) is 0 Å². The number of benzene rings is 2. The van der Waals surface area contributed by atoms with E-state index in [1.165, 1.54) is 6.07 Å². The molecule has 2 fully saturated rings. The first kappa shape index (κ1) is 53.4. The average Bonchev–Trinajstić information content (AvgIpc) is 3.84. The van der Waals surface area contributed by atoms with Crippen LogP contribution >= 0.6 is 63.7 Å². The number of carbonyl (C=O) groups excluding carboxylic acids is 2. The zero-order valence-corrected chi connectivity index (χ0v) is 45.9. The van der Waals surface area contributed by atoms with Crippen molar-refractivity contribution in [3.63, 3.8) is 0 Å². The number of carbonyl (C=O) groups is 2. The SMILES string of the molecule is Cc1nnn(C2CCN(C(=O)OC(C)(C)C)CC2)c1-c1cccc(F)n1.Cc1nnn(C2CCN(C(=O)OC(C)(C)C)CC2)c1-c1cccc(Oc2cc(Br)cc(Br)c2)n1.Oc1cc(Br)cc(Br)c1. The summed E-state index contributed by atoms with van der Waals surface area (Å²) in [4.78, 5) is 36.8. The van der Waals surface area contributed by atoms with Crippen molar-refractivity contribution < 1.29 is 33.3 Å². The van der Waals surface area contributed by atoms with Gasteiger partial charge in [0, 0.05) is 50.1 Å². The minimum atomic E-state index is -0.533. The number of hydrogen-bond acceptors (Lipinski definition) is 12. The van der Waals surface area contributed by atoms with Crippen molar-refractivity contribution in [2.75, 3.05) is 26.2 Å². The van der Waals surface area contributed by atoms with Crippen LogP contribution in [0.4, 0.5) is 14.0 Å². The van der Waals surface area contributed by atoms with Crippen LogP contribution in [-0.2, 0) is 9.47 Å². The van der Waals surface area contributed by atoms with Gasteiger partial charge in [0.15, 0.2) is 0 Å². The smallest absolute Gasteiger partial charge is 0.410 e. The lowest BCUT2D eigenvalue weighted by molar-refractivity contribution is 0.0174. The van der Waals surface area contributed by atoms with Gasteiger partial charge in [-0.2, -0.15) is 4.39 Å². The number of aryl methyl sites for hydroxylation is 2. The molecule has 69 heavy (non-hydrogen) atoms. The van der Waals surface area contributed by atoms with E-state index < -0.39 is 17.1 Å². The first-order valence-electron chi connectivity index (χ1n) is 22.2. The maximum absolute atomic E-state index is 13.5. The van der Waals surface area contributed by atoms with Gasteiger partial charge in [0.2, 0.25) is 11.8 Å². The first-order valence-corrected chi connectivity index (χ1v) is 25.4. The molecular weight excluding hydrogens is 1150 g/mol. The molecular formula is C48H55Br4FN10O6. The molecule has 2 aromatic carbocycles. The zero-order valence-electron chi connectivity index (χ0n) is 39.6. The number of pyridine rings is 2. The lowest BCUT2D eigenvalue weighted by atomic mass is 10.0. The number of likely N-dealkylation sites (tertiary alicyclic amines) is 2. The Morgan fingerprint density at radius 3 is 1.43 bits per heavy atom. The number of nitrogens with zero attached hydrogens (tertiary/aromatic N) is 10. The lowest BCUT2D eigenvalue weighted by Crippen LogP contribution is -2.42. The highest BCUT2D eigenvalue weighted by atomic mass is 79.9. The molecule has 0 spiro atoms. The van der Waals surface area contributed by atoms with Crippen molar-refractivity contribution in [1.29, 1.82) is 0 Å². The molecule has 2 aliphatic heterocycles. The zero-order chi connectivity index (χ0) is 50.2. The van der Waals surface area contributed by atoms with Gasteiger partial charge in [-0.25, -0.2) is 28.9 Å². The summed E-state index contributed by atoms with van der Waals surface area (Å²) in [7, 11) is 0. The molecule has 4 aromatic heterocycles. The molecule has 2 saturated heterocycles. The minimum absolute atomic E-state index is 0.0787. The number of phenols is 1. The molecule has 6 aromatic rings. The van der Waals surface area contributed by atoms with Crippen molar-refractivity contribution in [3.8, 4) is 40.2 Å². The van der Waals surface area contributed by atoms with Crippen LogP contribution in [0.5, 0.6) is 17.4 Å². The number of halogens is 5. The molecule has 0 atom stereocenters. The van der Waals surface area contributed by atoms with Crippen LogP contribution < -0.4 is 4.74 Å². The van der Waals surface area contributed by atoms with E-state index in [1.54, 1.807) is 34.1 Å². The Hall–Kier alpha value is -4.99. The van der Waals surface area contributed by atoms with E-state index in [9.17, 15) is 14.0 Å². The van der Waals surface area contributed by atoms with Crippen molar-refractivity contribution >= 4 is 75.9 Å². The number of ether oxygens (including phenoxy) is 3. The second-order valence-electron chi connectivity index (χ2n) is 18.4. The van der Waals surface area contributed by atoms with Crippen LogP contribution in [0.1, 0.15) is 90.7 Å². The monoisotopic (exact) mass is 1200 g/mol. The summed E-state index contributed by atoms with van der Waals surface area (Å²) in [5, 5.41) is 26.1. The quantitative estimate of drug-likeness (QED) is 0.156. The van der Waals surface area contributed by atoms with Crippen molar-refractivity contribution in [1.82, 2.24) is 49.8 Å². The molecule has 0 saturated carbocycles. The third kappa shape index (κ3) is 15.5. The van der Waals surface area contributed by atoms with E-state index in [0.29, 0.717) is 49.2 Å². The van der Waals surface area contributed by atoms with Gasteiger partial charge in [-0.1, -0.05) is 86.3 Å². The Bertz CT molecular complexity index is 2660. The molecule has 0 bridgehead atoms. The Morgan fingerprint density at radius 1 is 0.623 bits per heavy atom. The highest BCUT2D eigenvalue weighted by Gasteiger charge is 2.32. The Morgan fingerprint density at radius 2 is 1.03 bits per heavy atom. The van der Waals surface area contributed by atoms with Crippen LogP contribution in [0.25, 0.3) is 22.8 Å². The van der Waals surface area contributed by atoms with Gasteiger partial charge < -0.3 is 29.1 Å². The third-order valence-electron chi connectivity index (χ3n) is 10.5. The van der Waals surface area contributed by atoms with Crippen LogP contribution in [0.2, 0.25) is 0 Å². The number of amides is 2. The van der Waals surface area contributed by atoms with Crippen molar-refractivity contribution in [2.24, 2.45) is 0 Å². The summed E-state index contributed by atoms with van der Waals surface area (Å²) >= 11 is 13.4. The van der Waals surface area contributed by atoms with Gasteiger partial charge in [-0.3, -0.25) is 0 Å². The van der Waals surface area contributed by atoms with Gasteiger partial charge in [-0.05, 0) is 136 Å². The fourth-order valence-electron chi connectivity index (χ4n) is 7.49. The normalized spacial score (nSPS) is 14.6. The molecule has 8 rings (SSSR count). The number of phenolic OH excluding ortho intramolecular Hbond substituents is 1. The summed E-state index contributed by atoms with van der Waals surface area (Å²) in [6, 6.07) is 21.4. The Labute approximate surface area is 434 Å². The van der Waals surface area contributed by atoms with Crippen molar-refractivity contribution in [3.05, 3.63) is 108 Å². The van der Waals surface area contributed by atoms with E-state index in [4.69, 9.17) is 24.3 Å². The molecule has 0 aliphatic carbocycles. The summed E-state index contributed by atoms with van der Waals surface area (Å²) in [6.45, 7) is 17.3. The second kappa shape index (κ2) is 23.3. The number of aromatic nitrogens is 8. The van der Waals surface area contributed by atoms with Gasteiger partial charge in [0.05, 0.1) is 34.9 Å². The van der Waals surface area contributed by atoms with Gasteiger partial charge in [0.25, 0.3) is 0 Å². The molecule has 1 N–H and O–H groups in total. The number of hydrogen-bond donors (Lipinski definition) is 1. The number of rotatable bonds is 6. The predicted octanol–water partition coefficient (Wildman–Crippen LogP) is 12.8. The Balaban J connectivity index is 0.000000196. The minimum Gasteiger partial charge on any atom is -0.508 e. The Kier molecular flexibility index (Phi) is 18.0. The largest absolute Gasteiger partial charge is 0.508 e. The summed E-state index contributed by atoms with van der Waals surface area (Å²) < 4.78 is 37.8. The average molecular weight is 1210 g/mol. The standard InChI is InChI=1S/C24H27Br2N5O3.C18H24FN5O2.C6H4Br2O/c1-15-22(20-6-5-7-21(27-20)33-19-13-16(25)12-17(26)14-19)31(29-28-15)18-8-10-30(11-9-18)23(32)34-24(2,3)4;1-12-16(14-6-5-7-15(19)20-14)24(22-21-12)13-8-10-23(11-9-13)17(25)26-18(2,3)4;7-4-1-5(8)3-6(9)2-4/h5-7,12-14,18H,8-11H2,1-4H3;5-7,13H,8-11H2,1-4H3;1-3,9H. The third-order valence-corrected chi connectivity index (χ3v) is 12.3. The van der Waals surface area contributed by atoms with Gasteiger partial charge in [-0.15, -0.1) is 10.2 Å². The fraction of sp³-hybridized carbons (Fsp3) is 0.417. The van der Waals surface area contributed by atoms with E-state index in [1.807, 2.05) is 107 Å². The molecule has 0 unspecified atom stereocenters. The maximum atomic E-state index is 13.5. The molecule has 16 nitrogen and oxygen atoms in total. The van der Waals surface area contributed by atoms with Gasteiger partial charge in [0.1, 0.15) is 34.1 Å². The molecule has 6 heterocycles. The molecule has 368 valence electrons. The van der Waals surface area contributed by atoms with Crippen LogP contribution in [0, 0.1) is 19.8 Å². The number of aromatic hydroxyl groups is 1. The second-order valence-corrected chi connectivity index (χ2v) is 22.0. The van der Waals surface area contributed by atoms with Crippen LogP contribution in [0.15, 0.2) is 90.7 Å². The van der Waals surface area contributed by atoms with E-state index in [2.05, 4.69) is 89.3 Å². The highest BCUT2D eigenvalue weighted by Crippen LogP contribution is 2.34. The lowest BCUT2D eigenvalue weighted by Gasteiger charge is -2.33. The number of piperidine rings is 2. The fourth-order valence-corrected chi connectivity index (χ4v) is 10.0.